The van der Waals surface area contributed by atoms with Crippen molar-refractivity contribution in [3.63, 3.8) is 0 Å². The second kappa shape index (κ2) is 3.36. The highest BCUT2D eigenvalue weighted by Crippen LogP contribution is 2.16. The Hall–Kier alpha value is -1.88. The SMILES string of the molecule is CC(N)c1nc(C(=O)O)c2ccccn12. The molecule has 0 aromatic carbocycles. The Balaban J connectivity index is 2.79. The molecule has 2 aromatic heterocycles. The number of imidazole rings is 1. The minimum Gasteiger partial charge on any atom is -0.476 e. The maximum atomic E-state index is 10.9. The number of carboxylic acids is 1. The number of pyridine rings is 1. The Morgan fingerprint density at radius 2 is 2.33 bits per heavy atom. The van der Waals surface area contributed by atoms with Crippen molar-refractivity contribution in [1.82, 2.24) is 9.38 Å². The molecule has 0 saturated heterocycles. The normalized spacial score (nSPS) is 12.9. The third-order valence-electron chi connectivity index (χ3n) is 2.19. The summed E-state index contributed by atoms with van der Waals surface area (Å²) in [6, 6.07) is 5.00. The van der Waals surface area contributed by atoms with Crippen LogP contribution in [0.3, 0.4) is 0 Å². The van der Waals surface area contributed by atoms with Gasteiger partial charge in [-0.3, -0.25) is 0 Å². The molecule has 5 heteroatoms. The number of nitrogens with two attached hydrogens (primary N) is 1. The zero-order valence-corrected chi connectivity index (χ0v) is 8.21. The van der Waals surface area contributed by atoms with Crippen molar-refractivity contribution in [2.45, 2.75) is 13.0 Å². The highest BCUT2D eigenvalue weighted by molar-refractivity contribution is 5.93. The molecule has 0 aliphatic rings. The fourth-order valence-corrected chi connectivity index (χ4v) is 1.54. The number of nitrogens with zero attached hydrogens (tertiary/aromatic N) is 2. The molecule has 15 heavy (non-hydrogen) atoms. The molecule has 2 rings (SSSR count). The van der Waals surface area contributed by atoms with E-state index in [1.54, 1.807) is 29.7 Å². The van der Waals surface area contributed by atoms with Crippen LogP contribution in [-0.4, -0.2) is 20.5 Å². The summed E-state index contributed by atoms with van der Waals surface area (Å²) in [5.74, 6) is -0.478. The average molecular weight is 205 g/mol. The van der Waals surface area contributed by atoms with Crippen LogP contribution < -0.4 is 5.73 Å². The molecule has 2 aromatic rings. The third-order valence-corrected chi connectivity index (χ3v) is 2.19. The van der Waals surface area contributed by atoms with E-state index in [-0.39, 0.29) is 11.7 Å². The first-order chi connectivity index (χ1) is 7.11. The van der Waals surface area contributed by atoms with Crippen molar-refractivity contribution < 1.29 is 9.90 Å². The molecule has 0 bridgehead atoms. The van der Waals surface area contributed by atoms with Crippen LogP contribution >= 0.6 is 0 Å². The number of hydrogen-bond donors (Lipinski definition) is 2. The van der Waals surface area contributed by atoms with Gasteiger partial charge in [0.25, 0.3) is 0 Å². The summed E-state index contributed by atoms with van der Waals surface area (Å²) in [6.45, 7) is 1.77. The van der Waals surface area contributed by atoms with E-state index in [1.807, 2.05) is 6.07 Å². The molecule has 1 atom stereocenters. The van der Waals surface area contributed by atoms with Gasteiger partial charge in [-0.25, -0.2) is 9.78 Å². The molecular weight excluding hydrogens is 194 g/mol. The number of aromatic nitrogens is 2. The number of fused-ring (bicyclic) bond motifs is 1. The first kappa shape index (κ1) is 9.67. The number of carboxylic acid groups (broad SMARTS) is 1. The molecule has 3 N–H and O–H groups in total. The number of carbonyl (C=O) groups is 1. The molecule has 0 radical (unpaired) electrons. The van der Waals surface area contributed by atoms with E-state index >= 15 is 0 Å². The smallest absolute Gasteiger partial charge is 0.356 e. The highest BCUT2D eigenvalue weighted by Gasteiger charge is 2.17. The summed E-state index contributed by atoms with van der Waals surface area (Å²) in [6.07, 6.45) is 1.76. The molecule has 78 valence electrons. The standard InChI is InChI=1S/C10H11N3O2/c1-6(11)9-12-8(10(14)15)7-4-2-3-5-13(7)9/h2-6H,11H2,1H3,(H,14,15). The molecule has 5 nitrogen and oxygen atoms in total. The monoisotopic (exact) mass is 205 g/mol. The molecule has 0 fully saturated rings. The van der Waals surface area contributed by atoms with Crippen LogP contribution in [0.15, 0.2) is 24.4 Å². The number of aromatic carboxylic acids is 1. The molecule has 0 spiro atoms. The predicted molar refractivity (Wildman–Crippen MR) is 54.8 cm³/mol. The van der Waals surface area contributed by atoms with Gasteiger partial charge in [0.15, 0.2) is 5.69 Å². The second-order valence-electron chi connectivity index (χ2n) is 3.37. The van der Waals surface area contributed by atoms with E-state index in [9.17, 15) is 4.79 Å². The second-order valence-corrected chi connectivity index (χ2v) is 3.37. The van der Waals surface area contributed by atoms with Gasteiger partial charge in [-0.1, -0.05) is 6.07 Å². The minimum atomic E-state index is -1.04. The average Bonchev–Trinajstić information content (AvgIpc) is 2.56. The molecule has 0 aliphatic heterocycles. The van der Waals surface area contributed by atoms with Gasteiger partial charge in [-0.05, 0) is 19.1 Å². The fourth-order valence-electron chi connectivity index (χ4n) is 1.54. The first-order valence-electron chi connectivity index (χ1n) is 4.57. The van der Waals surface area contributed by atoms with E-state index < -0.39 is 5.97 Å². The van der Waals surface area contributed by atoms with Crippen molar-refractivity contribution in [3.8, 4) is 0 Å². The lowest BCUT2D eigenvalue weighted by Gasteiger charge is -2.02. The first-order valence-corrected chi connectivity index (χ1v) is 4.57. The van der Waals surface area contributed by atoms with E-state index in [2.05, 4.69) is 4.98 Å². The van der Waals surface area contributed by atoms with Crippen molar-refractivity contribution in [3.05, 3.63) is 35.9 Å². The van der Waals surface area contributed by atoms with Crippen LogP contribution in [-0.2, 0) is 0 Å². The van der Waals surface area contributed by atoms with Crippen molar-refractivity contribution in [2.75, 3.05) is 0 Å². The Kier molecular flexibility index (Phi) is 2.17. The molecule has 2 heterocycles. The molecule has 0 saturated carbocycles. The lowest BCUT2D eigenvalue weighted by Crippen LogP contribution is -2.09. The number of rotatable bonds is 2. The van der Waals surface area contributed by atoms with Crippen LogP contribution in [0.1, 0.15) is 29.3 Å². The summed E-state index contributed by atoms with van der Waals surface area (Å²) < 4.78 is 1.70. The summed E-state index contributed by atoms with van der Waals surface area (Å²) >= 11 is 0. The van der Waals surface area contributed by atoms with Gasteiger partial charge in [0.05, 0.1) is 11.6 Å². The summed E-state index contributed by atoms with van der Waals surface area (Å²) in [7, 11) is 0. The lowest BCUT2D eigenvalue weighted by molar-refractivity contribution is 0.0693. The van der Waals surface area contributed by atoms with Crippen LogP contribution in [0, 0.1) is 0 Å². The van der Waals surface area contributed by atoms with Gasteiger partial charge in [0, 0.05) is 6.20 Å². The maximum absolute atomic E-state index is 10.9. The van der Waals surface area contributed by atoms with Crippen LogP contribution in [0.5, 0.6) is 0 Å². The summed E-state index contributed by atoms with van der Waals surface area (Å²) in [5.41, 5.74) is 6.33. The van der Waals surface area contributed by atoms with Gasteiger partial charge in [-0.2, -0.15) is 0 Å². The molecular formula is C10H11N3O2. The largest absolute Gasteiger partial charge is 0.476 e. The zero-order chi connectivity index (χ0) is 11.0. The highest BCUT2D eigenvalue weighted by atomic mass is 16.4. The van der Waals surface area contributed by atoms with Gasteiger partial charge in [-0.15, -0.1) is 0 Å². The van der Waals surface area contributed by atoms with Crippen LogP contribution in [0.2, 0.25) is 0 Å². The van der Waals surface area contributed by atoms with Gasteiger partial charge < -0.3 is 15.2 Å². The fraction of sp³-hybridized carbons (Fsp3) is 0.200. The quantitative estimate of drug-likeness (QED) is 0.767. The van der Waals surface area contributed by atoms with Crippen LogP contribution in [0.25, 0.3) is 5.52 Å². The molecule has 0 amide bonds. The van der Waals surface area contributed by atoms with Gasteiger partial charge in [0.2, 0.25) is 0 Å². The van der Waals surface area contributed by atoms with Gasteiger partial charge in [0.1, 0.15) is 5.82 Å². The molecule has 1 unspecified atom stereocenters. The maximum Gasteiger partial charge on any atom is 0.356 e. The predicted octanol–water partition coefficient (Wildman–Crippen LogP) is 1.05. The Labute approximate surface area is 86.2 Å². The van der Waals surface area contributed by atoms with Crippen molar-refractivity contribution in [2.24, 2.45) is 5.73 Å². The van der Waals surface area contributed by atoms with E-state index in [4.69, 9.17) is 10.8 Å². The minimum absolute atomic E-state index is 0.0444. The van der Waals surface area contributed by atoms with Gasteiger partial charge >= 0.3 is 5.97 Å². The van der Waals surface area contributed by atoms with E-state index in [0.717, 1.165) is 0 Å². The Morgan fingerprint density at radius 3 is 2.93 bits per heavy atom. The Morgan fingerprint density at radius 1 is 1.60 bits per heavy atom. The van der Waals surface area contributed by atoms with Crippen LogP contribution in [0.4, 0.5) is 0 Å². The van der Waals surface area contributed by atoms with Crippen molar-refractivity contribution >= 4 is 11.5 Å². The third kappa shape index (κ3) is 1.46. The Bertz CT molecular complexity index is 516. The van der Waals surface area contributed by atoms with E-state index in [0.29, 0.717) is 11.3 Å². The molecule has 0 aliphatic carbocycles. The zero-order valence-electron chi connectivity index (χ0n) is 8.21. The number of hydrogen-bond acceptors (Lipinski definition) is 3. The van der Waals surface area contributed by atoms with E-state index in [1.165, 1.54) is 0 Å². The summed E-state index contributed by atoms with van der Waals surface area (Å²) in [5, 5.41) is 8.96. The summed E-state index contributed by atoms with van der Waals surface area (Å²) in [4.78, 5) is 15.0. The topological polar surface area (TPSA) is 80.6 Å². The lowest BCUT2D eigenvalue weighted by atomic mass is 10.3. The van der Waals surface area contributed by atoms with Crippen molar-refractivity contribution in [1.29, 1.82) is 0 Å².